The van der Waals surface area contributed by atoms with Crippen molar-refractivity contribution >= 4 is 45.2 Å². The number of halogens is 2. The molecule has 0 radical (unpaired) electrons. The van der Waals surface area contributed by atoms with E-state index in [9.17, 15) is 5.11 Å². The Labute approximate surface area is 164 Å². The minimum Gasteiger partial charge on any atom is -0.505 e. The Morgan fingerprint density at radius 3 is 2.52 bits per heavy atom. The molecule has 2 N–H and O–H groups in total. The van der Waals surface area contributed by atoms with Crippen molar-refractivity contribution in [1.29, 1.82) is 0 Å². The van der Waals surface area contributed by atoms with Crippen molar-refractivity contribution in [2.75, 3.05) is 11.8 Å². The Bertz CT molecular complexity index is 890. The predicted molar refractivity (Wildman–Crippen MR) is 109 cm³/mol. The number of ether oxygens (including phenoxy) is 1. The molecule has 0 aliphatic heterocycles. The van der Waals surface area contributed by atoms with Gasteiger partial charge in [-0.15, -0.1) is 0 Å². The summed E-state index contributed by atoms with van der Waals surface area (Å²) in [6.07, 6.45) is 0. The molecule has 0 spiro atoms. The minimum absolute atomic E-state index is 0.0422. The lowest BCUT2D eigenvalue weighted by Gasteiger charge is -2.13. The first kappa shape index (κ1) is 18.0. The van der Waals surface area contributed by atoms with Gasteiger partial charge in [-0.3, -0.25) is 0 Å². The third-order valence-electron chi connectivity index (χ3n) is 3.57. The van der Waals surface area contributed by atoms with Crippen molar-refractivity contribution in [2.24, 2.45) is 0 Å². The molecule has 0 aliphatic rings. The summed E-state index contributed by atoms with van der Waals surface area (Å²) in [7, 11) is 1.63. The summed E-state index contributed by atoms with van der Waals surface area (Å²) in [6, 6.07) is 19.5. The van der Waals surface area contributed by atoms with Crippen LogP contribution >= 0.6 is 39.5 Å². The van der Waals surface area contributed by atoms with Crippen molar-refractivity contribution in [2.45, 2.75) is 4.90 Å². The van der Waals surface area contributed by atoms with E-state index in [4.69, 9.17) is 16.3 Å². The number of benzene rings is 3. The van der Waals surface area contributed by atoms with Crippen LogP contribution in [0.2, 0.25) is 5.02 Å². The number of nitrogens with one attached hydrogen (secondary N) is 1. The van der Waals surface area contributed by atoms with E-state index in [-0.39, 0.29) is 5.75 Å². The van der Waals surface area contributed by atoms with Crippen molar-refractivity contribution < 1.29 is 9.84 Å². The molecular formula is C19H15BrClNO2S. The fraction of sp³-hybridized carbons (Fsp3) is 0.0526. The van der Waals surface area contributed by atoms with E-state index in [0.717, 1.165) is 21.3 Å². The summed E-state index contributed by atoms with van der Waals surface area (Å²) in [5.41, 5.74) is 3.00. The molecule has 0 heterocycles. The molecular weight excluding hydrogens is 422 g/mol. The van der Waals surface area contributed by atoms with E-state index in [1.807, 2.05) is 36.4 Å². The summed E-state index contributed by atoms with van der Waals surface area (Å²) >= 11 is 10.7. The Morgan fingerprint density at radius 1 is 1.04 bits per heavy atom. The van der Waals surface area contributed by atoms with Gasteiger partial charge in [0, 0.05) is 4.47 Å². The number of hydrogen-bond donors (Lipinski definition) is 2. The zero-order valence-electron chi connectivity index (χ0n) is 13.3. The quantitative estimate of drug-likeness (QED) is 0.442. The Kier molecular flexibility index (Phi) is 5.78. The first-order valence-corrected chi connectivity index (χ1v) is 9.41. The van der Waals surface area contributed by atoms with Gasteiger partial charge in [0.15, 0.2) is 0 Å². The number of anilines is 1. The van der Waals surface area contributed by atoms with E-state index in [1.54, 1.807) is 19.2 Å². The third kappa shape index (κ3) is 4.24. The molecule has 0 aromatic heterocycles. The van der Waals surface area contributed by atoms with Gasteiger partial charge in [-0.1, -0.05) is 63.9 Å². The predicted octanol–water partition coefficient (Wildman–Crippen LogP) is 6.60. The highest BCUT2D eigenvalue weighted by Crippen LogP contribution is 2.40. The van der Waals surface area contributed by atoms with Gasteiger partial charge in [-0.25, -0.2) is 0 Å². The molecule has 3 rings (SSSR count). The zero-order valence-corrected chi connectivity index (χ0v) is 16.5. The van der Waals surface area contributed by atoms with Gasteiger partial charge in [-0.2, -0.15) is 0 Å². The maximum absolute atomic E-state index is 10.1. The highest BCUT2D eigenvalue weighted by Gasteiger charge is 2.11. The van der Waals surface area contributed by atoms with Crippen LogP contribution in [0.4, 0.5) is 5.69 Å². The average molecular weight is 437 g/mol. The molecule has 0 atom stereocenters. The van der Waals surface area contributed by atoms with Crippen molar-refractivity contribution in [1.82, 2.24) is 0 Å². The van der Waals surface area contributed by atoms with Gasteiger partial charge in [-0.05, 0) is 47.3 Å². The molecule has 25 heavy (non-hydrogen) atoms. The molecule has 0 saturated carbocycles. The molecule has 0 unspecified atom stereocenters. The monoisotopic (exact) mass is 435 g/mol. The third-order valence-corrected chi connectivity index (χ3v) is 5.17. The molecule has 3 nitrogen and oxygen atoms in total. The van der Waals surface area contributed by atoms with E-state index < -0.39 is 0 Å². The van der Waals surface area contributed by atoms with Crippen LogP contribution in [0, 0.1) is 0 Å². The number of rotatable bonds is 5. The highest BCUT2D eigenvalue weighted by molar-refractivity contribution is 9.10. The number of hydrogen-bond acceptors (Lipinski definition) is 4. The largest absolute Gasteiger partial charge is 0.505 e. The van der Waals surface area contributed by atoms with Gasteiger partial charge in [0.25, 0.3) is 0 Å². The summed E-state index contributed by atoms with van der Waals surface area (Å²) in [6.45, 7) is 0. The van der Waals surface area contributed by atoms with Gasteiger partial charge in [0.1, 0.15) is 11.5 Å². The lowest BCUT2D eigenvalue weighted by Crippen LogP contribution is -1.93. The molecule has 0 fully saturated rings. The first-order chi connectivity index (χ1) is 12.1. The van der Waals surface area contributed by atoms with E-state index in [0.29, 0.717) is 15.7 Å². The van der Waals surface area contributed by atoms with Gasteiger partial charge < -0.3 is 14.6 Å². The molecule has 0 amide bonds. The SMILES string of the molecule is COc1ccc(-c2ccccc2)cc1NSc1cc(Br)cc(Cl)c1O. The summed E-state index contributed by atoms with van der Waals surface area (Å²) < 4.78 is 9.46. The number of aromatic hydroxyl groups is 1. The Hall–Kier alpha value is -1.82. The van der Waals surface area contributed by atoms with Crippen LogP contribution in [-0.2, 0) is 0 Å². The van der Waals surface area contributed by atoms with Crippen molar-refractivity contribution in [3.8, 4) is 22.6 Å². The smallest absolute Gasteiger partial charge is 0.149 e. The van der Waals surface area contributed by atoms with Crippen LogP contribution in [0.25, 0.3) is 11.1 Å². The second-order valence-electron chi connectivity index (χ2n) is 5.22. The van der Waals surface area contributed by atoms with Crippen molar-refractivity contribution in [3.05, 3.63) is 70.2 Å². The second-order valence-corrected chi connectivity index (χ2v) is 7.39. The zero-order chi connectivity index (χ0) is 17.8. The van der Waals surface area contributed by atoms with E-state index in [2.05, 4.69) is 32.8 Å². The average Bonchev–Trinajstić information content (AvgIpc) is 2.64. The maximum Gasteiger partial charge on any atom is 0.149 e. The van der Waals surface area contributed by atoms with Crippen LogP contribution in [0.1, 0.15) is 0 Å². The highest BCUT2D eigenvalue weighted by atomic mass is 79.9. The molecule has 3 aromatic carbocycles. The standard InChI is InChI=1S/C19H15BrClNO2S/c1-24-17-8-7-13(12-5-3-2-4-6-12)9-16(17)22-25-18-11-14(20)10-15(21)19(18)23/h2-11,22-23H,1H3. The number of methoxy groups -OCH3 is 1. The van der Waals surface area contributed by atoms with E-state index in [1.165, 1.54) is 11.9 Å². The van der Waals surface area contributed by atoms with Gasteiger partial charge in [0.2, 0.25) is 0 Å². The topological polar surface area (TPSA) is 41.5 Å². The molecule has 0 bridgehead atoms. The summed E-state index contributed by atoms with van der Waals surface area (Å²) in [5.74, 6) is 0.758. The maximum atomic E-state index is 10.1. The first-order valence-electron chi connectivity index (χ1n) is 7.43. The summed E-state index contributed by atoms with van der Waals surface area (Å²) in [5, 5.41) is 10.4. The van der Waals surface area contributed by atoms with Gasteiger partial charge in [0.05, 0.1) is 22.7 Å². The van der Waals surface area contributed by atoms with Gasteiger partial charge >= 0.3 is 0 Å². The summed E-state index contributed by atoms with van der Waals surface area (Å²) in [4.78, 5) is 0.617. The van der Waals surface area contributed by atoms with Crippen LogP contribution in [-0.4, -0.2) is 12.2 Å². The molecule has 0 saturated heterocycles. The van der Waals surface area contributed by atoms with Crippen LogP contribution < -0.4 is 9.46 Å². The van der Waals surface area contributed by atoms with Crippen LogP contribution in [0.15, 0.2) is 70.0 Å². The normalized spacial score (nSPS) is 10.5. The second kappa shape index (κ2) is 8.04. The minimum atomic E-state index is 0.0422. The van der Waals surface area contributed by atoms with E-state index >= 15 is 0 Å². The van der Waals surface area contributed by atoms with Crippen molar-refractivity contribution in [3.63, 3.8) is 0 Å². The Balaban J connectivity index is 1.89. The van der Waals surface area contributed by atoms with Crippen LogP contribution in [0.3, 0.4) is 0 Å². The molecule has 6 heteroatoms. The molecule has 0 aliphatic carbocycles. The Morgan fingerprint density at radius 2 is 1.80 bits per heavy atom. The molecule has 128 valence electrons. The fourth-order valence-corrected chi connectivity index (χ4v) is 4.12. The lowest BCUT2D eigenvalue weighted by atomic mass is 10.1. The molecule has 3 aromatic rings. The number of phenols is 1. The lowest BCUT2D eigenvalue weighted by molar-refractivity contribution is 0.417. The number of phenolic OH excluding ortho intramolecular Hbond substituents is 1. The van der Waals surface area contributed by atoms with Crippen LogP contribution in [0.5, 0.6) is 11.5 Å². The fourth-order valence-electron chi connectivity index (χ4n) is 2.33.